The van der Waals surface area contributed by atoms with Crippen LogP contribution in [-0.2, 0) is 9.53 Å². The first-order valence-corrected chi connectivity index (χ1v) is 5.17. The van der Waals surface area contributed by atoms with Gasteiger partial charge in [0.2, 0.25) is 5.91 Å². The van der Waals surface area contributed by atoms with Gasteiger partial charge in [-0.2, -0.15) is 0 Å². The summed E-state index contributed by atoms with van der Waals surface area (Å²) in [6, 6.07) is 0. The second-order valence-corrected chi connectivity index (χ2v) is 4.10. The Bertz CT molecular complexity index is 233. The lowest BCUT2D eigenvalue weighted by Crippen LogP contribution is -2.33. The molecule has 0 saturated carbocycles. The monoisotopic (exact) mass is 216 g/mol. The summed E-state index contributed by atoms with van der Waals surface area (Å²) in [6.45, 7) is 3.47. The van der Waals surface area contributed by atoms with Crippen molar-refractivity contribution in [2.75, 3.05) is 13.2 Å². The zero-order valence-electron chi connectivity index (χ0n) is 8.29. The maximum Gasteiger partial charge on any atom is 0.226 e. The average Bonchev–Trinajstić information content (AvgIpc) is 2.46. The third-order valence-corrected chi connectivity index (χ3v) is 2.57. The Labute approximate surface area is 89.2 Å². The number of carbonyl (C=O) groups is 1. The van der Waals surface area contributed by atoms with Crippen LogP contribution in [0.4, 0.5) is 0 Å². The lowest BCUT2D eigenvalue weighted by Gasteiger charge is -2.14. The lowest BCUT2D eigenvalue weighted by molar-refractivity contribution is -0.120. The van der Waals surface area contributed by atoms with Gasteiger partial charge in [-0.3, -0.25) is 4.79 Å². The predicted octanol–water partition coefficient (Wildman–Crippen LogP) is 0.204. The van der Waals surface area contributed by atoms with Crippen LogP contribution < -0.4 is 11.1 Å². The molecule has 5 heteroatoms. The van der Waals surface area contributed by atoms with Crippen LogP contribution in [-0.4, -0.2) is 30.2 Å². The van der Waals surface area contributed by atoms with Crippen LogP contribution in [0.5, 0.6) is 0 Å². The molecular weight excluding hydrogens is 200 g/mol. The van der Waals surface area contributed by atoms with Crippen molar-refractivity contribution in [2.45, 2.75) is 25.9 Å². The summed E-state index contributed by atoms with van der Waals surface area (Å²) in [6.07, 6.45) is 1.38. The molecule has 1 aliphatic rings. The normalized spacial score (nSPS) is 26.1. The van der Waals surface area contributed by atoms with Gasteiger partial charge in [-0.1, -0.05) is 12.2 Å². The van der Waals surface area contributed by atoms with Crippen molar-refractivity contribution in [3.8, 4) is 0 Å². The van der Waals surface area contributed by atoms with E-state index in [9.17, 15) is 4.79 Å². The molecule has 14 heavy (non-hydrogen) atoms. The number of hydrogen-bond donors (Lipinski definition) is 2. The third kappa shape index (κ3) is 3.59. The highest BCUT2D eigenvalue weighted by Gasteiger charge is 2.24. The predicted molar refractivity (Wildman–Crippen MR) is 57.9 cm³/mol. The second kappa shape index (κ2) is 5.26. The molecule has 0 aromatic carbocycles. The minimum atomic E-state index is -0.100. The first-order chi connectivity index (χ1) is 6.59. The van der Waals surface area contributed by atoms with E-state index in [1.165, 1.54) is 0 Å². The molecule has 80 valence electrons. The number of rotatable bonds is 4. The highest BCUT2D eigenvalue weighted by molar-refractivity contribution is 7.80. The number of hydrogen-bond acceptors (Lipinski definition) is 3. The Hall–Kier alpha value is -0.680. The fraction of sp³-hybridized carbons (Fsp3) is 0.778. The first-order valence-electron chi connectivity index (χ1n) is 4.76. The maximum atomic E-state index is 11.2. The van der Waals surface area contributed by atoms with Crippen molar-refractivity contribution in [3.63, 3.8) is 0 Å². The van der Waals surface area contributed by atoms with Crippen LogP contribution in [0, 0.1) is 5.92 Å². The molecule has 2 atom stereocenters. The molecule has 0 radical (unpaired) electrons. The molecule has 0 bridgehead atoms. The van der Waals surface area contributed by atoms with Gasteiger partial charge >= 0.3 is 0 Å². The van der Waals surface area contributed by atoms with Gasteiger partial charge in [0.1, 0.15) is 0 Å². The van der Waals surface area contributed by atoms with E-state index >= 15 is 0 Å². The molecule has 3 N–H and O–H groups in total. The van der Waals surface area contributed by atoms with Gasteiger partial charge in [-0.05, 0) is 13.3 Å². The topological polar surface area (TPSA) is 64.3 Å². The molecule has 0 aliphatic carbocycles. The molecule has 0 aromatic heterocycles. The van der Waals surface area contributed by atoms with Crippen LogP contribution >= 0.6 is 12.2 Å². The molecule has 1 heterocycles. The number of amides is 1. The van der Waals surface area contributed by atoms with Crippen LogP contribution in [0.15, 0.2) is 0 Å². The van der Waals surface area contributed by atoms with E-state index in [4.69, 9.17) is 10.5 Å². The zero-order valence-corrected chi connectivity index (χ0v) is 9.10. The highest BCUT2D eigenvalue weighted by Crippen LogP contribution is 2.19. The van der Waals surface area contributed by atoms with Gasteiger partial charge < -0.3 is 15.8 Å². The van der Waals surface area contributed by atoms with E-state index in [0.717, 1.165) is 13.0 Å². The molecule has 1 amide bonds. The standard InChI is InChI=1S/C9H16N2O2S/c1-6-7(2-3-13-6)5-11-9(12)4-8(10)14/h6-7H,2-5H2,1H3,(H2,10,14)(H,11,12). The Kier molecular flexibility index (Phi) is 4.28. The van der Waals surface area contributed by atoms with Gasteiger partial charge in [-0.15, -0.1) is 0 Å². The lowest BCUT2D eigenvalue weighted by atomic mass is 10.0. The fourth-order valence-electron chi connectivity index (χ4n) is 1.51. The minimum Gasteiger partial charge on any atom is -0.393 e. The molecule has 1 saturated heterocycles. The van der Waals surface area contributed by atoms with Crippen LogP contribution in [0.25, 0.3) is 0 Å². The molecule has 4 nitrogen and oxygen atoms in total. The number of nitrogens with two attached hydrogens (primary N) is 1. The summed E-state index contributed by atoms with van der Waals surface area (Å²) < 4.78 is 5.38. The maximum absolute atomic E-state index is 11.2. The summed E-state index contributed by atoms with van der Waals surface area (Å²) in [4.78, 5) is 11.4. The van der Waals surface area contributed by atoms with Gasteiger partial charge in [-0.25, -0.2) is 0 Å². The summed E-state index contributed by atoms with van der Waals surface area (Å²) in [5.74, 6) is 0.321. The summed E-state index contributed by atoms with van der Waals surface area (Å²) in [5, 5.41) is 2.80. The van der Waals surface area contributed by atoms with E-state index in [1.54, 1.807) is 0 Å². The van der Waals surface area contributed by atoms with Gasteiger partial charge in [0, 0.05) is 19.1 Å². The quantitative estimate of drug-likeness (QED) is 0.659. The van der Waals surface area contributed by atoms with Crippen LogP contribution in [0.2, 0.25) is 0 Å². The largest absolute Gasteiger partial charge is 0.393 e. The molecule has 1 aliphatic heterocycles. The van der Waals surface area contributed by atoms with Crippen molar-refractivity contribution >= 4 is 23.1 Å². The third-order valence-electron chi connectivity index (χ3n) is 2.43. The molecule has 2 unspecified atom stereocenters. The molecule has 1 fully saturated rings. The van der Waals surface area contributed by atoms with Crippen molar-refractivity contribution in [3.05, 3.63) is 0 Å². The van der Waals surface area contributed by atoms with E-state index in [0.29, 0.717) is 12.5 Å². The summed E-state index contributed by atoms with van der Waals surface area (Å²) in [7, 11) is 0. The Morgan fingerprint density at radius 2 is 2.43 bits per heavy atom. The Morgan fingerprint density at radius 1 is 1.71 bits per heavy atom. The molecule has 1 rings (SSSR count). The summed E-state index contributed by atoms with van der Waals surface area (Å²) >= 11 is 4.64. The Balaban J connectivity index is 2.19. The Morgan fingerprint density at radius 3 is 2.93 bits per heavy atom. The van der Waals surface area contributed by atoms with Crippen molar-refractivity contribution in [1.82, 2.24) is 5.32 Å². The van der Waals surface area contributed by atoms with Crippen LogP contribution in [0.1, 0.15) is 19.8 Å². The van der Waals surface area contributed by atoms with Gasteiger partial charge in [0.25, 0.3) is 0 Å². The first kappa shape index (κ1) is 11.4. The van der Waals surface area contributed by atoms with E-state index < -0.39 is 0 Å². The summed E-state index contributed by atoms with van der Waals surface area (Å²) in [5.41, 5.74) is 5.25. The van der Waals surface area contributed by atoms with Gasteiger partial charge in [0.05, 0.1) is 17.5 Å². The highest BCUT2D eigenvalue weighted by atomic mass is 32.1. The van der Waals surface area contributed by atoms with Crippen LogP contribution in [0.3, 0.4) is 0 Å². The van der Waals surface area contributed by atoms with E-state index in [-0.39, 0.29) is 23.4 Å². The zero-order chi connectivity index (χ0) is 10.6. The number of ether oxygens (including phenoxy) is 1. The van der Waals surface area contributed by atoms with E-state index in [1.807, 2.05) is 6.92 Å². The number of thiocarbonyl (C=S) groups is 1. The second-order valence-electron chi connectivity index (χ2n) is 3.57. The fourth-order valence-corrected chi connectivity index (χ4v) is 1.64. The van der Waals surface area contributed by atoms with Crippen molar-refractivity contribution in [2.24, 2.45) is 11.7 Å². The molecular formula is C9H16N2O2S. The van der Waals surface area contributed by atoms with E-state index in [2.05, 4.69) is 17.5 Å². The molecule has 0 spiro atoms. The number of nitrogens with one attached hydrogen (secondary N) is 1. The smallest absolute Gasteiger partial charge is 0.226 e. The molecule has 0 aromatic rings. The van der Waals surface area contributed by atoms with Crippen molar-refractivity contribution < 1.29 is 9.53 Å². The minimum absolute atomic E-state index is 0.100. The van der Waals surface area contributed by atoms with Crippen molar-refractivity contribution in [1.29, 1.82) is 0 Å². The average molecular weight is 216 g/mol. The SMILES string of the molecule is CC1OCCC1CNC(=O)CC(N)=S. The number of carbonyl (C=O) groups excluding carboxylic acids is 1. The van der Waals surface area contributed by atoms with Gasteiger partial charge in [0.15, 0.2) is 0 Å².